The van der Waals surface area contributed by atoms with Gasteiger partial charge in [-0.05, 0) is 25.7 Å². The number of hydrogen-bond donors (Lipinski definition) is 2. The molecule has 1 unspecified atom stereocenters. The summed E-state index contributed by atoms with van der Waals surface area (Å²) in [5.74, 6) is 0.986. The Bertz CT molecular complexity index is 397. The lowest BCUT2D eigenvalue weighted by molar-refractivity contribution is -0.138. The largest absolute Gasteiger partial charge is 0.376 e. The second kappa shape index (κ2) is 7.81. The maximum atomic E-state index is 12.5. The van der Waals surface area contributed by atoms with Crippen molar-refractivity contribution in [2.45, 2.75) is 44.6 Å². The van der Waals surface area contributed by atoms with Crippen LogP contribution in [0.1, 0.15) is 38.5 Å². The zero-order valence-corrected chi connectivity index (χ0v) is 14.2. The first-order chi connectivity index (χ1) is 10.6. The third-order valence-electron chi connectivity index (χ3n) is 4.76. The van der Waals surface area contributed by atoms with Gasteiger partial charge in [-0.1, -0.05) is 12.8 Å². The molecule has 22 heavy (non-hydrogen) atoms. The molecule has 2 fully saturated rings. The molecular formula is C16H30N4O2. The van der Waals surface area contributed by atoms with Crippen molar-refractivity contribution in [3.63, 3.8) is 0 Å². The van der Waals surface area contributed by atoms with Crippen LogP contribution in [0, 0.1) is 5.41 Å². The van der Waals surface area contributed by atoms with E-state index in [4.69, 9.17) is 4.74 Å². The van der Waals surface area contributed by atoms with Crippen LogP contribution < -0.4 is 10.6 Å². The highest BCUT2D eigenvalue weighted by atomic mass is 16.5. The van der Waals surface area contributed by atoms with Crippen LogP contribution in [0.3, 0.4) is 0 Å². The highest BCUT2D eigenvalue weighted by Crippen LogP contribution is 2.38. The van der Waals surface area contributed by atoms with Crippen molar-refractivity contribution in [3.8, 4) is 0 Å². The fourth-order valence-corrected chi connectivity index (χ4v) is 3.48. The average molecular weight is 310 g/mol. The molecule has 0 aromatic carbocycles. The van der Waals surface area contributed by atoms with E-state index in [1.54, 1.807) is 11.9 Å². The summed E-state index contributed by atoms with van der Waals surface area (Å²) in [5.41, 5.74) is -0.273. The minimum Gasteiger partial charge on any atom is -0.376 e. The van der Waals surface area contributed by atoms with Crippen LogP contribution in [-0.2, 0) is 9.53 Å². The lowest BCUT2D eigenvalue weighted by Gasteiger charge is -2.31. The predicted molar refractivity (Wildman–Crippen MR) is 87.9 cm³/mol. The smallest absolute Gasteiger partial charge is 0.230 e. The predicted octanol–water partition coefficient (Wildman–Crippen LogP) is 0.979. The van der Waals surface area contributed by atoms with Crippen molar-refractivity contribution in [3.05, 3.63) is 0 Å². The molecule has 0 aromatic rings. The van der Waals surface area contributed by atoms with Gasteiger partial charge in [0, 0.05) is 40.8 Å². The number of ether oxygens (including phenoxy) is 1. The zero-order valence-electron chi connectivity index (χ0n) is 14.2. The molecule has 126 valence electrons. The maximum Gasteiger partial charge on any atom is 0.230 e. The molecule has 0 aromatic heterocycles. The van der Waals surface area contributed by atoms with Crippen molar-refractivity contribution < 1.29 is 9.53 Å². The van der Waals surface area contributed by atoms with Crippen LogP contribution >= 0.6 is 0 Å². The van der Waals surface area contributed by atoms with E-state index in [0.29, 0.717) is 6.54 Å². The van der Waals surface area contributed by atoms with Crippen molar-refractivity contribution in [1.82, 2.24) is 15.5 Å². The van der Waals surface area contributed by atoms with E-state index in [-0.39, 0.29) is 17.4 Å². The second-order valence-electron chi connectivity index (χ2n) is 6.63. The fourth-order valence-electron chi connectivity index (χ4n) is 3.48. The van der Waals surface area contributed by atoms with Gasteiger partial charge in [-0.25, -0.2) is 0 Å². The maximum absolute atomic E-state index is 12.5. The van der Waals surface area contributed by atoms with E-state index in [9.17, 15) is 4.79 Å². The summed E-state index contributed by atoms with van der Waals surface area (Å²) in [6, 6.07) is 0. The van der Waals surface area contributed by atoms with E-state index in [1.807, 2.05) is 14.1 Å². The van der Waals surface area contributed by atoms with Crippen molar-refractivity contribution in [1.29, 1.82) is 0 Å². The van der Waals surface area contributed by atoms with E-state index in [1.165, 1.54) is 0 Å². The summed E-state index contributed by atoms with van der Waals surface area (Å²) in [6.45, 7) is 2.28. The van der Waals surface area contributed by atoms with Crippen LogP contribution in [0.25, 0.3) is 0 Å². The highest BCUT2D eigenvalue weighted by Gasteiger charge is 2.42. The first-order valence-corrected chi connectivity index (χ1v) is 8.35. The molecule has 1 heterocycles. The Morgan fingerprint density at radius 3 is 2.55 bits per heavy atom. The minimum atomic E-state index is -0.273. The third-order valence-corrected chi connectivity index (χ3v) is 4.76. The Labute approximate surface area is 133 Å². The standard InChI is InChI=1S/C16H30N4O2/c1-17-15(18-11-13-7-6-10-22-13)19-12-16(8-4-5-9-16)14(21)20(2)3/h13H,4-12H2,1-3H3,(H2,17,18,19). The molecule has 6 nitrogen and oxygen atoms in total. The van der Waals surface area contributed by atoms with Gasteiger partial charge in [-0.15, -0.1) is 0 Å². The van der Waals surface area contributed by atoms with Crippen LogP contribution in [-0.4, -0.2) is 63.7 Å². The lowest BCUT2D eigenvalue weighted by atomic mass is 9.84. The van der Waals surface area contributed by atoms with Crippen molar-refractivity contribution >= 4 is 11.9 Å². The van der Waals surface area contributed by atoms with Crippen LogP contribution in [0.5, 0.6) is 0 Å². The van der Waals surface area contributed by atoms with Gasteiger partial charge < -0.3 is 20.3 Å². The molecule has 1 aliphatic carbocycles. The van der Waals surface area contributed by atoms with Crippen LogP contribution in [0.15, 0.2) is 4.99 Å². The summed E-state index contributed by atoms with van der Waals surface area (Å²) in [7, 11) is 5.44. The lowest BCUT2D eigenvalue weighted by Crippen LogP contribution is -2.50. The third kappa shape index (κ3) is 4.12. The molecule has 1 atom stereocenters. The molecule has 2 rings (SSSR count). The molecule has 0 spiro atoms. The molecule has 2 aliphatic rings. The minimum absolute atomic E-state index is 0.229. The summed E-state index contributed by atoms with van der Waals surface area (Å²) in [6.07, 6.45) is 6.69. The van der Waals surface area contributed by atoms with Gasteiger partial charge in [0.2, 0.25) is 5.91 Å². The first kappa shape index (κ1) is 17.1. The highest BCUT2D eigenvalue weighted by molar-refractivity contribution is 5.85. The number of rotatable bonds is 5. The molecule has 6 heteroatoms. The normalized spacial score (nSPS) is 24.3. The van der Waals surface area contributed by atoms with Gasteiger partial charge in [0.1, 0.15) is 0 Å². The quantitative estimate of drug-likeness (QED) is 0.587. The molecule has 0 bridgehead atoms. The van der Waals surface area contributed by atoms with E-state index in [0.717, 1.165) is 57.6 Å². The SMILES string of the molecule is CN=C(NCC1CCCO1)NCC1(C(=O)N(C)C)CCCC1. The van der Waals surface area contributed by atoms with Gasteiger partial charge >= 0.3 is 0 Å². The van der Waals surface area contributed by atoms with E-state index >= 15 is 0 Å². The number of aliphatic imine (C=N–C) groups is 1. The van der Waals surface area contributed by atoms with Gasteiger partial charge in [-0.3, -0.25) is 9.79 Å². The molecule has 0 radical (unpaired) electrons. The Kier molecular flexibility index (Phi) is 6.06. The average Bonchev–Trinajstić information content (AvgIpc) is 3.18. The first-order valence-electron chi connectivity index (χ1n) is 8.35. The molecule has 1 saturated carbocycles. The van der Waals surface area contributed by atoms with Crippen molar-refractivity contribution in [2.75, 3.05) is 40.8 Å². The number of guanidine groups is 1. The van der Waals surface area contributed by atoms with Crippen molar-refractivity contribution in [2.24, 2.45) is 10.4 Å². The van der Waals surface area contributed by atoms with Gasteiger partial charge in [0.05, 0.1) is 11.5 Å². The second-order valence-corrected chi connectivity index (χ2v) is 6.63. The summed E-state index contributed by atoms with van der Waals surface area (Å²) in [4.78, 5) is 18.5. The Morgan fingerprint density at radius 2 is 2.00 bits per heavy atom. The molecule has 1 saturated heterocycles. The molecule has 1 amide bonds. The monoisotopic (exact) mass is 310 g/mol. The number of nitrogens with zero attached hydrogens (tertiary/aromatic N) is 2. The van der Waals surface area contributed by atoms with Gasteiger partial charge in [0.15, 0.2) is 5.96 Å². The summed E-state index contributed by atoms with van der Waals surface area (Å²) in [5, 5.41) is 6.66. The van der Waals surface area contributed by atoms with Crippen LogP contribution in [0.2, 0.25) is 0 Å². The zero-order chi connectivity index (χ0) is 16.0. The number of nitrogens with one attached hydrogen (secondary N) is 2. The summed E-state index contributed by atoms with van der Waals surface area (Å²) >= 11 is 0. The van der Waals surface area contributed by atoms with Crippen LogP contribution in [0.4, 0.5) is 0 Å². The number of carbonyl (C=O) groups excluding carboxylic acids is 1. The van der Waals surface area contributed by atoms with Gasteiger partial charge in [0.25, 0.3) is 0 Å². The fraction of sp³-hybridized carbons (Fsp3) is 0.875. The molecule has 2 N–H and O–H groups in total. The molecule has 1 aliphatic heterocycles. The van der Waals surface area contributed by atoms with E-state index < -0.39 is 0 Å². The Morgan fingerprint density at radius 1 is 1.27 bits per heavy atom. The number of carbonyl (C=O) groups is 1. The topological polar surface area (TPSA) is 66.0 Å². The van der Waals surface area contributed by atoms with Gasteiger partial charge in [-0.2, -0.15) is 0 Å². The van der Waals surface area contributed by atoms with E-state index in [2.05, 4.69) is 15.6 Å². The Balaban J connectivity index is 1.85. The number of hydrogen-bond acceptors (Lipinski definition) is 3. The molecular weight excluding hydrogens is 280 g/mol. The number of amides is 1. The Hall–Kier alpha value is -1.30. The summed E-state index contributed by atoms with van der Waals surface area (Å²) < 4.78 is 5.61.